The maximum Gasteiger partial charge on any atom is 0.161 e. The van der Waals surface area contributed by atoms with Crippen LogP contribution in [0.25, 0.3) is 11.3 Å². The summed E-state index contributed by atoms with van der Waals surface area (Å²) in [6.07, 6.45) is 0.904. The summed E-state index contributed by atoms with van der Waals surface area (Å²) in [7, 11) is 0. The summed E-state index contributed by atoms with van der Waals surface area (Å²) in [5, 5.41) is 0. The van der Waals surface area contributed by atoms with Crippen molar-refractivity contribution in [2.45, 2.75) is 13.3 Å². The number of hydrogen-bond donors (Lipinski definition) is 1. The van der Waals surface area contributed by atoms with Crippen LogP contribution < -0.4 is 9.47 Å². The van der Waals surface area contributed by atoms with E-state index < -0.39 is 0 Å². The molecule has 0 fully saturated rings. The lowest BCUT2D eigenvalue weighted by molar-refractivity contribution is 0.297. The molecule has 3 rings (SSSR count). The predicted molar refractivity (Wildman–Crippen MR) is 75.2 cm³/mol. The number of nitrogens with one attached hydrogen (secondary N) is 1. The predicted octanol–water partition coefficient (Wildman–Crippen LogP) is 3.28. The molecule has 0 saturated heterocycles. The number of aryl methyl sites for hydroxylation is 1. The first-order chi connectivity index (χ1) is 9.22. The molecule has 0 atom stereocenters. The van der Waals surface area contributed by atoms with Gasteiger partial charge in [-0.1, -0.05) is 12.2 Å². The van der Waals surface area contributed by atoms with Crippen molar-refractivity contribution < 1.29 is 9.47 Å². The Morgan fingerprint density at radius 2 is 1.95 bits per heavy atom. The topological polar surface area (TPSA) is 47.1 Å². The molecule has 2 heterocycles. The molecule has 98 valence electrons. The van der Waals surface area contributed by atoms with E-state index in [1.807, 2.05) is 31.2 Å². The van der Waals surface area contributed by atoms with Crippen LogP contribution in [0, 0.1) is 11.6 Å². The van der Waals surface area contributed by atoms with Gasteiger partial charge in [-0.25, -0.2) is 4.98 Å². The van der Waals surface area contributed by atoms with Crippen molar-refractivity contribution in [1.29, 1.82) is 0 Å². The number of aromatic nitrogens is 2. The third kappa shape index (κ3) is 2.61. The molecule has 1 aromatic carbocycles. The summed E-state index contributed by atoms with van der Waals surface area (Å²) in [5.74, 6) is 2.38. The number of hydrogen-bond acceptors (Lipinski definition) is 4. The van der Waals surface area contributed by atoms with E-state index in [1.165, 1.54) is 0 Å². The second-order valence-corrected chi connectivity index (χ2v) is 4.85. The van der Waals surface area contributed by atoms with Gasteiger partial charge in [-0.2, -0.15) is 0 Å². The number of nitrogens with zero attached hydrogens (tertiary/aromatic N) is 1. The van der Waals surface area contributed by atoms with Gasteiger partial charge in [-0.05, 0) is 31.2 Å². The Morgan fingerprint density at radius 1 is 1.16 bits per heavy atom. The van der Waals surface area contributed by atoms with Gasteiger partial charge in [0.15, 0.2) is 11.5 Å². The van der Waals surface area contributed by atoms with Crippen LogP contribution in [-0.4, -0.2) is 23.2 Å². The Balaban J connectivity index is 2.06. The largest absolute Gasteiger partial charge is 0.490 e. The maximum absolute atomic E-state index is 5.69. The van der Waals surface area contributed by atoms with Crippen LogP contribution in [0.2, 0.25) is 0 Å². The molecule has 1 N–H and O–H groups in total. The minimum Gasteiger partial charge on any atom is -0.490 e. The molecule has 4 nitrogen and oxygen atoms in total. The van der Waals surface area contributed by atoms with E-state index in [4.69, 9.17) is 21.7 Å². The van der Waals surface area contributed by atoms with E-state index in [1.54, 1.807) is 0 Å². The van der Waals surface area contributed by atoms with Gasteiger partial charge in [0.05, 0.1) is 13.2 Å². The van der Waals surface area contributed by atoms with Crippen LogP contribution in [0.5, 0.6) is 11.5 Å². The number of fused-ring (bicyclic) bond motifs is 1. The highest BCUT2D eigenvalue weighted by Gasteiger charge is 2.11. The van der Waals surface area contributed by atoms with Crippen molar-refractivity contribution in [2.24, 2.45) is 0 Å². The zero-order valence-electron chi connectivity index (χ0n) is 10.6. The van der Waals surface area contributed by atoms with Crippen LogP contribution in [0.3, 0.4) is 0 Å². The van der Waals surface area contributed by atoms with E-state index in [0.29, 0.717) is 17.9 Å². The van der Waals surface area contributed by atoms with Gasteiger partial charge in [0.2, 0.25) is 0 Å². The summed E-state index contributed by atoms with van der Waals surface area (Å²) in [6, 6.07) is 7.75. The maximum atomic E-state index is 5.69. The molecule has 2 aromatic rings. The highest BCUT2D eigenvalue weighted by molar-refractivity contribution is 7.71. The zero-order valence-corrected chi connectivity index (χ0v) is 11.4. The van der Waals surface area contributed by atoms with Gasteiger partial charge in [0.1, 0.15) is 10.5 Å². The van der Waals surface area contributed by atoms with Crippen LogP contribution in [-0.2, 0) is 0 Å². The van der Waals surface area contributed by atoms with Gasteiger partial charge < -0.3 is 14.5 Å². The summed E-state index contributed by atoms with van der Waals surface area (Å²) < 4.78 is 11.9. The number of H-pyrrole nitrogens is 1. The lowest BCUT2D eigenvalue weighted by Crippen LogP contribution is -1.97. The van der Waals surface area contributed by atoms with Gasteiger partial charge in [-0.15, -0.1) is 0 Å². The second-order valence-electron chi connectivity index (χ2n) is 4.43. The molecule has 0 radical (unpaired) electrons. The Labute approximate surface area is 116 Å². The van der Waals surface area contributed by atoms with E-state index in [9.17, 15) is 0 Å². The van der Waals surface area contributed by atoms with Crippen molar-refractivity contribution >= 4 is 12.2 Å². The monoisotopic (exact) mass is 274 g/mol. The summed E-state index contributed by atoms with van der Waals surface area (Å²) in [5.41, 5.74) is 1.95. The Kier molecular flexibility index (Phi) is 3.21. The van der Waals surface area contributed by atoms with E-state index in [0.717, 1.165) is 35.0 Å². The number of ether oxygens (including phenoxy) is 2. The Bertz CT molecular complexity index is 667. The SMILES string of the molecule is Cc1nc(=S)cc(-c2ccc3c(c2)OCCCO3)[nH]1. The van der Waals surface area contributed by atoms with Crippen LogP contribution in [0.15, 0.2) is 24.3 Å². The number of benzene rings is 1. The first kappa shape index (κ1) is 12.2. The van der Waals surface area contributed by atoms with Crippen LogP contribution >= 0.6 is 12.2 Å². The average molecular weight is 274 g/mol. The van der Waals surface area contributed by atoms with Crippen molar-refractivity contribution in [3.8, 4) is 22.8 Å². The lowest BCUT2D eigenvalue weighted by atomic mass is 10.1. The molecule has 0 aliphatic carbocycles. The molecule has 1 aromatic heterocycles. The summed E-state index contributed by atoms with van der Waals surface area (Å²) in [4.78, 5) is 7.38. The molecule has 1 aliphatic heterocycles. The summed E-state index contributed by atoms with van der Waals surface area (Å²) >= 11 is 5.14. The van der Waals surface area contributed by atoms with Crippen LogP contribution in [0.4, 0.5) is 0 Å². The zero-order chi connectivity index (χ0) is 13.2. The minimum absolute atomic E-state index is 0.582. The van der Waals surface area contributed by atoms with Gasteiger partial charge >= 0.3 is 0 Å². The highest BCUT2D eigenvalue weighted by atomic mass is 32.1. The minimum atomic E-state index is 0.582. The molecule has 0 bridgehead atoms. The van der Waals surface area contributed by atoms with Crippen molar-refractivity contribution in [1.82, 2.24) is 9.97 Å². The fraction of sp³-hybridized carbons (Fsp3) is 0.286. The van der Waals surface area contributed by atoms with Crippen molar-refractivity contribution in [2.75, 3.05) is 13.2 Å². The highest BCUT2D eigenvalue weighted by Crippen LogP contribution is 2.33. The third-order valence-corrected chi connectivity index (χ3v) is 3.13. The quantitative estimate of drug-likeness (QED) is 0.811. The Morgan fingerprint density at radius 3 is 2.74 bits per heavy atom. The second kappa shape index (κ2) is 5.01. The summed E-state index contributed by atoms with van der Waals surface area (Å²) in [6.45, 7) is 3.27. The van der Waals surface area contributed by atoms with Gasteiger partial charge in [0.25, 0.3) is 0 Å². The molecule has 0 spiro atoms. The smallest absolute Gasteiger partial charge is 0.161 e. The molecule has 19 heavy (non-hydrogen) atoms. The molecule has 1 aliphatic rings. The van der Waals surface area contributed by atoms with Crippen molar-refractivity contribution in [3.63, 3.8) is 0 Å². The first-order valence-corrected chi connectivity index (χ1v) is 6.61. The van der Waals surface area contributed by atoms with E-state index >= 15 is 0 Å². The molecule has 0 saturated carbocycles. The average Bonchev–Trinajstić information content (AvgIpc) is 2.61. The molecular formula is C14H14N2O2S. The fourth-order valence-corrected chi connectivity index (χ4v) is 2.32. The molecule has 0 unspecified atom stereocenters. The Hall–Kier alpha value is -1.88. The lowest BCUT2D eigenvalue weighted by Gasteiger charge is -2.09. The molecule has 0 amide bonds. The number of rotatable bonds is 1. The fourth-order valence-electron chi connectivity index (χ4n) is 2.07. The van der Waals surface area contributed by atoms with Gasteiger partial charge in [0, 0.05) is 17.7 Å². The van der Waals surface area contributed by atoms with Crippen molar-refractivity contribution in [3.05, 3.63) is 34.7 Å². The van der Waals surface area contributed by atoms with Gasteiger partial charge in [-0.3, -0.25) is 0 Å². The number of aromatic amines is 1. The molecule has 5 heteroatoms. The standard InChI is InChI=1S/C14H14N2O2S/c1-9-15-11(8-14(19)16-9)10-3-4-12-13(7-10)18-6-2-5-17-12/h3-4,7-8H,2,5-6H2,1H3,(H,15,16,19). The molecular weight excluding hydrogens is 260 g/mol. The van der Waals surface area contributed by atoms with Crippen LogP contribution in [0.1, 0.15) is 12.2 Å². The third-order valence-electron chi connectivity index (χ3n) is 2.92. The van der Waals surface area contributed by atoms with E-state index in [-0.39, 0.29) is 0 Å². The van der Waals surface area contributed by atoms with E-state index in [2.05, 4.69) is 9.97 Å². The normalized spacial score (nSPS) is 13.9. The first-order valence-electron chi connectivity index (χ1n) is 6.20.